The van der Waals surface area contributed by atoms with Gasteiger partial charge in [0.15, 0.2) is 0 Å². The highest BCUT2D eigenvalue weighted by Crippen LogP contribution is 2.32. The molecule has 2 aromatic rings. The van der Waals surface area contributed by atoms with E-state index < -0.39 is 0 Å². The molecule has 0 aromatic heterocycles. The third-order valence-electron chi connectivity index (χ3n) is 3.17. The first-order chi connectivity index (χ1) is 8.72. The Hall–Kier alpha value is -1.78. The summed E-state index contributed by atoms with van der Waals surface area (Å²) < 4.78 is 0. The molecule has 2 atom stereocenters. The van der Waals surface area contributed by atoms with Crippen LogP contribution >= 0.6 is 11.6 Å². The van der Waals surface area contributed by atoms with Crippen molar-refractivity contribution >= 4 is 11.6 Å². The summed E-state index contributed by atoms with van der Waals surface area (Å²) in [6.07, 6.45) is 0. The van der Waals surface area contributed by atoms with E-state index in [9.17, 15) is 5.26 Å². The Labute approximate surface area is 113 Å². The zero-order valence-corrected chi connectivity index (χ0v) is 10.9. The van der Waals surface area contributed by atoms with E-state index >= 15 is 0 Å². The van der Waals surface area contributed by atoms with Crippen LogP contribution < -0.4 is 0 Å². The summed E-state index contributed by atoms with van der Waals surface area (Å²) in [7, 11) is 0. The third-order valence-corrected chi connectivity index (χ3v) is 3.41. The zero-order chi connectivity index (χ0) is 13.0. The van der Waals surface area contributed by atoms with Crippen LogP contribution in [0.3, 0.4) is 0 Å². The standard InChI is InChI=1S/C16H14ClN/c1-12(13-6-3-2-4-7-13)16(11-18)14-8-5-9-15(17)10-14/h2-10,12,16H,1H3. The topological polar surface area (TPSA) is 23.8 Å². The predicted molar refractivity (Wildman–Crippen MR) is 74.7 cm³/mol. The van der Waals surface area contributed by atoms with Gasteiger partial charge in [0.05, 0.1) is 12.0 Å². The van der Waals surface area contributed by atoms with Crippen LogP contribution in [0, 0.1) is 11.3 Å². The molecule has 0 heterocycles. The van der Waals surface area contributed by atoms with E-state index in [1.54, 1.807) is 0 Å². The lowest BCUT2D eigenvalue weighted by Gasteiger charge is -2.18. The lowest BCUT2D eigenvalue weighted by Crippen LogP contribution is -2.06. The molecular weight excluding hydrogens is 242 g/mol. The Morgan fingerprint density at radius 2 is 1.67 bits per heavy atom. The van der Waals surface area contributed by atoms with Gasteiger partial charge in [-0.3, -0.25) is 0 Å². The van der Waals surface area contributed by atoms with Crippen molar-refractivity contribution in [1.82, 2.24) is 0 Å². The van der Waals surface area contributed by atoms with Crippen LogP contribution in [-0.2, 0) is 0 Å². The van der Waals surface area contributed by atoms with Crippen molar-refractivity contribution in [3.05, 3.63) is 70.7 Å². The van der Waals surface area contributed by atoms with Crippen LogP contribution in [0.15, 0.2) is 54.6 Å². The summed E-state index contributed by atoms with van der Waals surface area (Å²) in [4.78, 5) is 0. The first kappa shape index (κ1) is 12.7. The Bertz CT molecular complexity index is 557. The second kappa shape index (κ2) is 5.71. The molecular formula is C16H14ClN. The second-order valence-electron chi connectivity index (χ2n) is 4.36. The van der Waals surface area contributed by atoms with E-state index in [1.807, 2.05) is 42.5 Å². The summed E-state index contributed by atoms with van der Waals surface area (Å²) >= 11 is 5.99. The van der Waals surface area contributed by atoms with Gasteiger partial charge in [-0.1, -0.05) is 61.0 Å². The molecule has 0 N–H and O–H groups in total. The third kappa shape index (κ3) is 2.72. The molecule has 0 fully saturated rings. The average molecular weight is 256 g/mol. The molecule has 0 aliphatic heterocycles. The minimum atomic E-state index is -0.175. The number of nitriles is 1. The number of hydrogen-bond donors (Lipinski definition) is 0. The summed E-state index contributed by atoms with van der Waals surface area (Å²) in [6, 6.07) is 20.0. The van der Waals surface area contributed by atoms with Gasteiger partial charge in [-0.15, -0.1) is 0 Å². The molecule has 2 heteroatoms. The molecule has 1 nitrogen and oxygen atoms in total. The maximum absolute atomic E-state index is 9.41. The van der Waals surface area contributed by atoms with E-state index in [0.717, 1.165) is 5.56 Å². The molecule has 90 valence electrons. The van der Waals surface area contributed by atoms with Gasteiger partial charge in [-0.2, -0.15) is 5.26 Å². The van der Waals surface area contributed by atoms with E-state index in [1.165, 1.54) is 5.56 Å². The fraction of sp³-hybridized carbons (Fsp3) is 0.188. The van der Waals surface area contributed by atoms with Crippen LogP contribution in [0.5, 0.6) is 0 Å². The largest absolute Gasteiger partial charge is 0.198 e. The minimum absolute atomic E-state index is 0.148. The van der Waals surface area contributed by atoms with Gasteiger partial charge in [-0.25, -0.2) is 0 Å². The van der Waals surface area contributed by atoms with Crippen molar-refractivity contribution in [3.8, 4) is 6.07 Å². The maximum atomic E-state index is 9.41. The van der Waals surface area contributed by atoms with Gasteiger partial charge >= 0.3 is 0 Å². The summed E-state index contributed by atoms with van der Waals surface area (Å²) in [5, 5.41) is 10.1. The number of rotatable bonds is 3. The van der Waals surface area contributed by atoms with Gasteiger partial charge in [0.1, 0.15) is 0 Å². The molecule has 0 saturated heterocycles. The number of halogens is 1. The maximum Gasteiger partial charge on any atom is 0.0779 e. The van der Waals surface area contributed by atoms with Crippen LogP contribution in [-0.4, -0.2) is 0 Å². The Morgan fingerprint density at radius 1 is 1.00 bits per heavy atom. The van der Waals surface area contributed by atoms with Gasteiger partial charge in [0, 0.05) is 10.9 Å². The SMILES string of the molecule is CC(c1ccccc1)C(C#N)c1cccc(Cl)c1. The van der Waals surface area contributed by atoms with Crippen molar-refractivity contribution in [1.29, 1.82) is 5.26 Å². The monoisotopic (exact) mass is 255 g/mol. The fourth-order valence-corrected chi connectivity index (χ4v) is 2.32. The Balaban J connectivity index is 2.33. The lowest BCUT2D eigenvalue weighted by atomic mass is 9.84. The van der Waals surface area contributed by atoms with Crippen molar-refractivity contribution < 1.29 is 0 Å². The molecule has 2 rings (SSSR count). The molecule has 0 aliphatic carbocycles. The number of nitrogens with zero attached hydrogens (tertiary/aromatic N) is 1. The molecule has 18 heavy (non-hydrogen) atoms. The Morgan fingerprint density at radius 3 is 2.28 bits per heavy atom. The molecule has 2 unspecified atom stereocenters. The van der Waals surface area contributed by atoms with E-state index in [4.69, 9.17) is 11.6 Å². The number of benzene rings is 2. The summed E-state index contributed by atoms with van der Waals surface area (Å²) in [5.41, 5.74) is 2.14. The highest BCUT2D eigenvalue weighted by Gasteiger charge is 2.20. The average Bonchev–Trinajstić information content (AvgIpc) is 2.40. The van der Waals surface area contributed by atoms with Gasteiger partial charge in [0.2, 0.25) is 0 Å². The molecule has 0 amide bonds. The number of hydrogen-bond acceptors (Lipinski definition) is 1. The molecule has 2 aromatic carbocycles. The van der Waals surface area contributed by atoms with Gasteiger partial charge in [-0.05, 0) is 23.3 Å². The normalized spacial score (nSPS) is 13.6. The van der Waals surface area contributed by atoms with E-state index in [0.29, 0.717) is 5.02 Å². The van der Waals surface area contributed by atoms with Crippen molar-refractivity contribution in [2.75, 3.05) is 0 Å². The van der Waals surface area contributed by atoms with E-state index in [2.05, 4.69) is 25.1 Å². The highest BCUT2D eigenvalue weighted by atomic mass is 35.5. The van der Waals surface area contributed by atoms with Crippen LogP contribution in [0.25, 0.3) is 0 Å². The summed E-state index contributed by atoms with van der Waals surface area (Å²) in [5.74, 6) is -0.0271. The van der Waals surface area contributed by atoms with Crippen LogP contribution in [0.1, 0.15) is 29.9 Å². The van der Waals surface area contributed by atoms with Crippen molar-refractivity contribution in [3.63, 3.8) is 0 Å². The lowest BCUT2D eigenvalue weighted by molar-refractivity contribution is 0.687. The minimum Gasteiger partial charge on any atom is -0.198 e. The van der Waals surface area contributed by atoms with Crippen LogP contribution in [0.2, 0.25) is 5.02 Å². The van der Waals surface area contributed by atoms with Gasteiger partial charge in [0.25, 0.3) is 0 Å². The smallest absolute Gasteiger partial charge is 0.0779 e. The molecule has 0 spiro atoms. The van der Waals surface area contributed by atoms with Crippen molar-refractivity contribution in [2.45, 2.75) is 18.8 Å². The first-order valence-corrected chi connectivity index (χ1v) is 6.30. The Kier molecular flexibility index (Phi) is 4.02. The summed E-state index contributed by atoms with van der Waals surface area (Å²) in [6.45, 7) is 2.07. The second-order valence-corrected chi connectivity index (χ2v) is 4.80. The highest BCUT2D eigenvalue weighted by molar-refractivity contribution is 6.30. The fourth-order valence-electron chi connectivity index (χ4n) is 2.12. The molecule has 0 saturated carbocycles. The molecule has 0 radical (unpaired) electrons. The molecule has 0 aliphatic rings. The zero-order valence-electron chi connectivity index (χ0n) is 10.2. The molecule has 0 bridgehead atoms. The van der Waals surface area contributed by atoms with E-state index in [-0.39, 0.29) is 11.8 Å². The first-order valence-electron chi connectivity index (χ1n) is 5.92. The van der Waals surface area contributed by atoms with Gasteiger partial charge < -0.3 is 0 Å². The quantitative estimate of drug-likeness (QED) is 0.776. The predicted octanol–water partition coefficient (Wildman–Crippen LogP) is 4.75. The van der Waals surface area contributed by atoms with Crippen molar-refractivity contribution in [2.24, 2.45) is 0 Å². The van der Waals surface area contributed by atoms with Crippen LogP contribution in [0.4, 0.5) is 0 Å².